The van der Waals surface area contributed by atoms with Crippen molar-refractivity contribution in [3.63, 3.8) is 0 Å². The van der Waals surface area contributed by atoms with Crippen LogP contribution in [0.5, 0.6) is 0 Å². The molecule has 0 unspecified atom stereocenters. The van der Waals surface area contributed by atoms with Gasteiger partial charge in [-0.1, -0.05) is 18.2 Å². The van der Waals surface area contributed by atoms with Gasteiger partial charge in [0.1, 0.15) is 0 Å². The molecule has 0 saturated heterocycles. The molecule has 1 amide bonds. The van der Waals surface area contributed by atoms with Crippen LogP contribution in [0.1, 0.15) is 43.9 Å². The van der Waals surface area contributed by atoms with E-state index in [-0.39, 0.29) is 11.4 Å². The molecule has 2 rings (SSSR count). The lowest BCUT2D eigenvalue weighted by atomic mass is 9.93. The number of hydrogen-bond acceptors (Lipinski definition) is 1. The molecule has 0 radical (unpaired) electrons. The Kier molecular flexibility index (Phi) is 3.23. The number of benzene rings is 1. The Morgan fingerprint density at radius 1 is 1.29 bits per heavy atom. The van der Waals surface area contributed by atoms with Gasteiger partial charge in [0.2, 0.25) is 5.91 Å². The van der Waals surface area contributed by atoms with E-state index in [1.807, 2.05) is 0 Å². The van der Waals surface area contributed by atoms with Crippen molar-refractivity contribution in [1.29, 1.82) is 0 Å². The third-order valence-electron chi connectivity index (χ3n) is 3.32. The van der Waals surface area contributed by atoms with Gasteiger partial charge in [-0.15, -0.1) is 0 Å². The molecule has 1 aliphatic rings. The third kappa shape index (κ3) is 3.09. The van der Waals surface area contributed by atoms with Crippen molar-refractivity contribution in [2.45, 2.75) is 52.0 Å². The fourth-order valence-electron chi connectivity index (χ4n) is 2.77. The monoisotopic (exact) mass is 231 g/mol. The van der Waals surface area contributed by atoms with Gasteiger partial charge in [0, 0.05) is 12.5 Å². The van der Waals surface area contributed by atoms with Gasteiger partial charge < -0.3 is 5.32 Å². The Morgan fingerprint density at radius 3 is 2.71 bits per heavy atom. The molecule has 1 aromatic carbocycles. The largest absolute Gasteiger partial charge is 0.351 e. The zero-order chi connectivity index (χ0) is 12.5. The Hall–Kier alpha value is -1.31. The molecule has 0 heterocycles. The van der Waals surface area contributed by atoms with E-state index in [4.69, 9.17) is 0 Å². The van der Waals surface area contributed by atoms with Crippen molar-refractivity contribution in [2.75, 3.05) is 0 Å². The van der Waals surface area contributed by atoms with Gasteiger partial charge in [0.05, 0.1) is 0 Å². The minimum atomic E-state index is -0.168. The Morgan fingerprint density at radius 2 is 2.00 bits per heavy atom. The quantitative estimate of drug-likeness (QED) is 0.851. The lowest BCUT2D eigenvalue weighted by Crippen LogP contribution is -2.44. The summed E-state index contributed by atoms with van der Waals surface area (Å²) in [5, 5.41) is 3.00. The fraction of sp³-hybridized carbons (Fsp3) is 0.533. The summed E-state index contributed by atoms with van der Waals surface area (Å²) in [7, 11) is 0. The molecule has 0 atom stereocenters. The van der Waals surface area contributed by atoms with Gasteiger partial charge in [-0.25, -0.2) is 0 Å². The molecule has 2 heteroatoms. The van der Waals surface area contributed by atoms with Crippen LogP contribution in [0.3, 0.4) is 0 Å². The highest BCUT2D eigenvalue weighted by atomic mass is 16.1. The van der Waals surface area contributed by atoms with E-state index in [1.165, 1.54) is 36.0 Å². The second kappa shape index (κ2) is 4.52. The minimum absolute atomic E-state index is 0.0381. The SMILES string of the molecule is CC(=O)NC(C)(C)Cc1ccc2c(c1)CCC2. The zero-order valence-corrected chi connectivity index (χ0v) is 11.0. The first-order chi connectivity index (χ1) is 7.96. The van der Waals surface area contributed by atoms with Crippen molar-refractivity contribution in [3.05, 3.63) is 34.9 Å². The lowest BCUT2D eigenvalue weighted by Gasteiger charge is -2.26. The van der Waals surface area contributed by atoms with Gasteiger partial charge >= 0.3 is 0 Å². The lowest BCUT2D eigenvalue weighted by molar-refractivity contribution is -0.120. The smallest absolute Gasteiger partial charge is 0.217 e. The second-order valence-corrected chi connectivity index (χ2v) is 5.70. The summed E-state index contributed by atoms with van der Waals surface area (Å²) in [5.74, 6) is 0.0381. The van der Waals surface area contributed by atoms with Crippen molar-refractivity contribution < 1.29 is 4.79 Å². The molecule has 1 N–H and O–H groups in total. The standard InChI is InChI=1S/C15H21NO/c1-11(17)16-15(2,3)10-12-7-8-13-5-4-6-14(13)9-12/h7-9H,4-6,10H2,1-3H3,(H,16,17). The minimum Gasteiger partial charge on any atom is -0.351 e. The summed E-state index contributed by atoms with van der Waals surface area (Å²) in [6, 6.07) is 6.77. The van der Waals surface area contributed by atoms with E-state index < -0.39 is 0 Å². The maximum Gasteiger partial charge on any atom is 0.217 e. The molecular formula is C15H21NO. The number of hydrogen-bond donors (Lipinski definition) is 1. The predicted molar refractivity (Wildman–Crippen MR) is 70.1 cm³/mol. The van der Waals surface area contributed by atoms with Crippen molar-refractivity contribution in [1.82, 2.24) is 5.32 Å². The van der Waals surface area contributed by atoms with Crippen molar-refractivity contribution in [3.8, 4) is 0 Å². The number of rotatable bonds is 3. The molecule has 2 nitrogen and oxygen atoms in total. The Labute approximate surface area is 103 Å². The first kappa shape index (κ1) is 12.2. The van der Waals surface area contributed by atoms with Crippen molar-refractivity contribution >= 4 is 5.91 Å². The van der Waals surface area contributed by atoms with E-state index in [2.05, 4.69) is 37.4 Å². The molecule has 0 aromatic heterocycles. The molecular weight excluding hydrogens is 210 g/mol. The predicted octanol–water partition coefficient (Wildman–Crippen LogP) is 2.63. The number of carbonyl (C=O) groups is 1. The van der Waals surface area contributed by atoms with Crippen LogP contribution in [0, 0.1) is 0 Å². The van der Waals surface area contributed by atoms with Crippen LogP contribution in [0.2, 0.25) is 0 Å². The fourth-order valence-corrected chi connectivity index (χ4v) is 2.77. The molecule has 1 aliphatic carbocycles. The van der Waals surface area contributed by atoms with Crippen molar-refractivity contribution in [2.24, 2.45) is 0 Å². The summed E-state index contributed by atoms with van der Waals surface area (Å²) < 4.78 is 0. The summed E-state index contributed by atoms with van der Waals surface area (Å²) in [5.41, 5.74) is 4.16. The first-order valence-electron chi connectivity index (χ1n) is 6.36. The molecule has 0 saturated carbocycles. The number of aryl methyl sites for hydroxylation is 2. The second-order valence-electron chi connectivity index (χ2n) is 5.70. The van der Waals surface area contributed by atoms with Crippen LogP contribution in [0.15, 0.2) is 18.2 Å². The van der Waals surface area contributed by atoms with Gasteiger partial charge in [-0.05, 0) is 56.2 Å². The van der Waals surface area contributed by atoms with Gasteiger partial charge in [-0.2, -0.15) is 0 Å². The third-order valence-corrected chi connectivity index (χ3v) is 3.32. The van der Waals surface area contributed by atoms with Crippen LogP contribution in [0.4, 0.5) is 0 Å². The Balaban J connectivity index is 2.11. The molecule has 0 fully saturated rings. The molecule has 0 spiro atoms. The van der Waals surface area contributed by atoms with Crippen LogP contribution in [-0.4, -0.2) is 11.4 Å². The van der Waals surface area contributed by atoms with E-state index >= 15 is 0 Å². The van der Waals surface area contributed by atoms with E-state index in [0.29, 0.717) is 0 Å². The molecule has 0 aliphatic heterocycles. The average molecular weight is 231 g/mol. The molecule has 92 valence electrons. The summed E-state index contributed by atoms with van der Waals surface area (Å²) in [6.07, 6.45) is 4.61. The first-order valence-corrected chi connectivity index (χ1v) is 6.36. The maximum atomic E-state index is 11.1. The molecule has 17 heavy (non-hydrogen) atoms. The number of amides is 1. The Bertz CT molecular complexity index is 435. The number of fused-ring (bicyclic) bond motifs is 1. The summed E-state index contributed by atoms with van der Waals surface area (Å²) >= 11 is 0. The number of nitrogens with one attached hydrogen (secondary N) is 1. The van der Waals surface area contributed by atoms with Crippen LogP contribution in [-0.2, 0) is 24.1 Å². The molecule has 1 aromatic rings. The van der Waals surface area contributed by atoms with Crippen LogP contribution >= 0.6 is 0 Å². The zero-order valence-electron chi connectivity index (χ0n) is 11.0. The summed E-state index contributed by atoms with van der Waals surface area (Å²) in [6.45, 7) is 5.72. The van der Waals surface area contributed by atoms with E-state index in [0.717, 1.165) is 6.42 Å². The van der Waals surface area contributed by atoms with Gasteiger partial charge in [0.25, 0.3) is 0 Å². The maximum absolute atomic E-state index is 11.1. The summed E-state index contributed by atoms with van der Waals surface area (Å²) in [4.78, 5) is 11.1. The highest BCUT2D eigenvalue weighted by Crippen LogP contribution is 2.24. The molecule has 0 bridgehead atoms. The van der Waals surface area contributed by atoms with Gasteiger partial charge in [0.15, 0.2) is 0 Å². The highest BCUT2D eigenvalue weighted by Gasteiger charge is 2.20. The normalized spacial score (nSPS) is 14.5. The van der Waals surface area contributed by atoms with Gasteiger partial charge in [-0.3, -0.25) is 4.79 Å². The van der Waals surface area contributed by atoms with Crippen LogP contribution < -0.4 is 5.32 Å². The number of carbonyl (C=O) groups excluding carboxylic acids is 1. The highest BCUT2D eigenvalue weighted by molar-refractivity contribution is 5.73. The van der Waals surface area contributed by atoms with Crippen LogP contribution in [0.25, 0.3) is 0 Å². The van der Waals surface area contributed by atoms with E-state index in [9.17, 15) is 4.79 Å². The topological polar surface area (TPSA) is 29.1 Å². The van der Waals surface area contributed by atoms with E-state index in [1.54, 1.807) is 6.92 Å². The average Bonchev–Trinajstić information content (AvgIpc) is 2.61.